The molecule has 46 valence electrons. The number of ether oxygens (including phenoxy) is 1. The molecule has 0 aromatic carbocycles. The van der Waals surface area contributed by atoms with Crippen LogP contribution in [0.15, 0.2) is 0 Å². The number of methoxy groups -OCH3 is 1. The van der Waals surface area contributed by atoms with Gasteiger partial charge in [0.2, 0.25) is 0 Å². The van der Waals surface area contributed by atoms with E-state index in [4.69, 9.17) is 9.84 Å². The summed E-state index contributed by atoms with van der Waals surface area (Å²) in [6, 6.07) is 0. The van der Waals surface area contributed by atoms with Crippen LogP contribution >= 0.6 is 0 Å². The van der Waals surface area contributed by atoms with Gasteiger partial charge in [-0.25, -0.2) is 0 Å². The summed E-state index contributed by atoms with van der Waals surface area (Å²) in [5.74, 6) is 5.14. The van der Waals surface area contributed by atoms with E-state index in [1.807, 2.05) is 6.92 Å². The third-order valence-corrected chi connectivity index (χ3v) is 0.738. The predicted molar refractivity (Wildman–Crippen MR) is 31.3 cm³/mol. The van der Waals surface area contributed by atoms with Crippen molar-refractivity contribution in [1.29, 1.82) is 0 Å². The molecule has 0 fully saturated rings. The fraction of sp³-hybridized carbons (Fsp3) is 0.667. The molecule has 8 heavy (non-hydrogen) atoms. The summed E-state index contributed by atoms with van der Waals surface area (Å²) >= 11 is 0. The molecule has 1 atom stereocenters. The van der Waals surface area contributed by atoms with Crippen molar-refractivity contribution in [1.82, 2.24) is 0 Å². The van der Waals surface area contributed by atoms with Gasteiger partial charge >= 0.3 is 0 Å². The van der Waals surface area contributed by atoms with Gasteiger partial charge in [0.15, 0.2) is 0 Å². The van der Waals surface area contributed by atoms with Crippen LogP contribution in [0.25, 0.3) is 0 Å². The molecule has 0 saturated heterocycles. The molecule has 0 heterocycles. The zero-order chi connectivity index (χ0) is 6.41. The Hall–Kier alpha value is -0.520. The minimum Gasteiger partial charge on any atom is -0.384 e. The smallest absolute Gasteiger partial charge is 0.115 e. The van der Waals surface area contributed by atoms with Gasteiger partial charge in [0.25, 0.3) is 0 Å². The van der Waals surface area contributed by atoms with E-state index < -0.39 is 0 Å². The van der Waals surface area contributed by atoms with Crippen LogP contribution in [0.2, 0.25) is 0 Å². The van der Waals surface area contributed by atoms with Gasteiger partial charge in [-0.15, -0.1) is 0 Å². The Morgan fingerprint density at radius 1 is 1.75 bits per heavy atom. The van der Waals surface area contributed by atoms with E-state index in [0.29, 0.717) is 0 Å². The van der Waals surface area contributed by atoms with Crippen molar-refractivity contribution in [3.05, 3.63) is 0 Å². The van der Waals surface area contributed by atoms with Crippen molar-refractivity contribution in [3.63, 3.8) is 0 Å². The molecule has 0 aliphatic rings. The maximum Gasteiger partial charge on any atom is 0.115 e. The van der Waals surface area contributed by atoms with Crippen LogP contribution in [0.3, 0.4) is 0 Å². The summed E-state index contributed by atoms with van der Waals surface area (Å²) in [4.78, 5) is 0. The molecule has 1 N–H and O–H groups in total. The van der Waals surface area contributed by atoms with Crippen LogP contribution in [-0.4, -0.2) is 24.9 Å². The van der Waals surface area contributed by atoms with E-state index in [-0.39, 0.29) is 12.7 Å². The van der Waals surface area contributed by atoms with E-state index in [9.17, 15) is 0 Å². The van der Waals surface area contributed by atoms with E-state index in [2.05, 4.69) is 11.8 Å². The molecular weight excluding hydrogens is 104 g/mol. The van der Waals surface area contributed by atoms with E-state index in [1.54, 1.807) is 7.11 Å². The number of hydrogen-bond donors (Lipinski definition) is 1. The third kappa shape index (κ3) is 3.66. The second-order valence-corrected chi connectivity index (χ2v) is 1.36. The fourth-order valence-corrected chi connectivity index (χ4v) is 0.248. The van der Waals surface area contributed by atoms with E-state index in [1.165, 1.54) is 0 Å². The minimum atomic E-state index is -0.0896. The van der Waals surface area contributed by atoms with Crippen molar-refractivity contribution in [2.75, 3.05) is 13.7 Å². The molecule has 0 aliphatic heterocycles. The Bertz CT molecular complexity index is 98.8. The summed E-state index contributed by atoms with van der Waals surface area (Å²) in [5, 5.41) is 8.18. The Morgan fingerprint density at radius 3 is 2.75 bits per heavy atom. The van der Waals surface area contributed by atoms with Crippen LogP contribution in [0, 0.1) is 11.8 Å². The standard InChI is InChI=1S/C6H10O2/c1-6(8-2)4-3-5-7/h6-7H,5H2,1-2H3/t6-/m1/s1. The first-order valence-corrected chi connectivity index (χ1v) is 2.43. The molecule has 0 unspecified atom stereocenters. The molecule has 2 nitrogen and oxygen atoms in total. The molecule has 0 bridgehead atoms. The third-order valence-electron chi connectivity index (χ3n) is 0.738. The van der Waals surface area contributed by atoms with Crippen LogP contribution < -0.4 is 0 Å². The second kappa shape index (κ2) is 4.63. The van der Waals surface area contributed by atoms with Crippen molar-refractivity contribution in [2.45, 2.75) is 13.0 Å². The lowest BCUT2D eigenvalue weighted by Gasteiger charge is -1.95. The van der Waals surface area contributed by atoms with Crippen LogP contribution in [-0.2, 0) is 4.74 Å². The van der Waals surface area contributed by atoms with Crippen molar-refractivity contribution < 1.29 is 9.84 Å². The average molecular weight is 114 g/mol. The van der Waals surface area contributed by atoms with Crippen molar-refractivity contribution >= 4 is 0 Å². The molecule has 0 spiro atoms. The van der Waals surface area contributed by atoms with Gasteiger partial charge in [0.05, 0.1) is 0 Å². The Morgan fingerprint density at radius 2 is 2.38 bits per heavy atom. The SMILES string of the molecule is CO[C@H](C)C#CCO. The first-order chi connectivity index (χ1) is 3.81. The lowest BCUT2D eigenvalue weighted by atomic mass is 10.4. The molecule has 0 aromatic heterocycles. The molecule has 0 amide bonds. The van der Waals surface area contributed by atoms with Gasteiger partial charge in [-0.2, -0.15) is 0 Å². The maximum atomic E-state index is 8.18. The van der Waals surface area contributed by atoms with E-state index in [0.717, 1.165) is 0 Å². The minimum absolute atomic E-state index is 0.0675. The Labute approximate surface area is 49.5 Å². The van der Waals surface area contributed by atoms with Gasteiger partial charge < -0.3 is 9.84 Å². The van der Waals surface area contributed by atoms with Gasteiger partial charge in [-0.1, -0.05) is 11.8 Å². The van der Waals surface area contributed by atoms with Crippen molar-refractivity contribution in [3.8, 4) is 11.8 Å². The van der Waals surface area contributed by atoms with Gasteiger partial charge in [-0.05, 0) is 6.92 Å². The first-order valence-electron chi connectivity index (χ1n) is 2.43. The summed E-state index contributed by atoms with van der Waals surface area (Å²) in [6.07, 6.45) is -0.0675. The predicted octanol–water partition coefficient (Wildman–Crippen LogP) is 0.0170. The average Bonchev–Trinajstić information content (AvgIpc) is 1.83. The summed E-state index contributed by atoms with van der Waals surface area (Å²) in [7, 11) is 1.58. The molecule has 0 rings (SSSR count). The van der Waals surface area contributed by atoms with Gasteiger partial charge in [-0.3, -0.25) is 0 Å². The zero-order valence-electron chi connectivity index (χ0n) is 5.14. The fourth-order valence-electron chi connectivity index (χ4n) is 0.248. The summed E-state index contributed by atoms with van der Waals surface area (Å²) in [6.45, 7) is 1.73. The zero-order valence-corrected chi connectivity index (χ0v) is 5.14. The highest BCUT2D eigenvalue weighted by molar-refractivity contribution is 5.03. The van der Waals surface area contributed by atoms with E-state index >= 15 is 0 Å². The van der Waals surface area contributed by atoms with Gasteiger partial charge in [0, 0.05) is 7.11 Å². The first kappa shape index (κ1) is 7.48. The monoisotopic (exact) mass is 114 g/mol. The van der Waals surface area contributed by atoms with Crippen LogP contribution in [0.1, 0.15) is 6.92 Å². The van der Waals surface area contributed by atoms with Crippen LogP contribution in [0.5, 0.6) is 0 Å². The number of rotatable bonds is 1. The lowest BCUT2D eigenvalue weighted by Crippen LogP contribution is -1.99. The summed E-state index contributed by atoms with van der Waals surface area (Å²) in [5.41, 5.74) is 0. The second-order valence-electron chi connectivity index (χ2n) is 1.36. The van der Waals surface area contributed by atoms with Gasteiger partial charge in [0.1, 0.15) is 12.7 Å². The largest absolute Gasteiger partial charge is 0.384 e. The normalized spacial score (nSPS) is 11.9. The number of aliphatic hydroxyl groups is 1. The molecule has 2 heteroatoms. The number of aliphatic hydroxyl groups excluding tert-OH is 1. The maximum absolute atomic E-state index is 8.18. The molecule has 0 aromatic rings. The van der Waals surface area contributed by atoms with Crippen LogP contribution in [0.4, 0.5) is 0 Å². The molecule has 0 aliphatic carbocycles. The highest BCUT2D eigenvalue weighted by Gasteiger charge is 1.86. The highest BCUT2D eigenvalue weighted by Crippen LogP contribution is 1.80. The lowest BCUT2D eigenvalue weighted by molar-refractivity contribution is 0.163. The van der Waals surface area contributed by atoms with Crippen molar-refractivity contribution in [2.24, 2.45) is 0 Å². The molecular formula is C6H10O2. The highest BCUT2D eigenvalue weighted by atomic mass is 16.5. The topological polar surface area (TPSA) is 29.5 Å². The quantitative estimate of drug-likeness (QED) is 0.487. The molecule has 0 saturated carbocycles. The molecule has 0 radical (unpaired) electrons. The number of hydrogen-bond acceptors (Lipinski definition) is 2. The summed E-state index contributed by atoms with van der Waals surface area (Å²) < 4.78 is 4.77. The Kier molecular flexibility index (Phi) is 4.33. The Balaban J connectivity index is 3.35.